The standard InChI is InChI=1S/C17H18Cl2N2O6/c1-3-25-13(22)11-9(7-27-14(23)16(2)8-17(16,18)19)20-15(24)21-12(11)10-5-4-6-26-10/h4-6,12H,3,7-8H2,1-2H3,(H2,20,21,24)/t12-,16-/m1/s1. The zero-order valence-electron chi connectivity index (χ0n) is 14.6. The Kier molecular flexibility index (Phi) is 5.14. The average molecular weight is 417 g/mol. The van der Waals surface area contributed by atoms with Gasteiger partial charge in [-0.2, -0.15) is 0 Å². The highest BCUT2D eigenvalue weighted by Gasteiger charge is 2.69. The highest BCUT2D eigenvalue weighted by molar-refractivity contribution is 6.53. The van der Waals surface area contributed by atoms with Gasteiger partial charge in [-0.3, -0.25) is 4.79 Å². The first-order valence-corrected chi connectivity index (χ1v) is 9.01. The van der Waals surface area contributed by atoms with Crippen LogP contribution < -0.4 is 10.6 Å². The van der Waals surface area contributed by atoms with E-state index in [-0.39, 0.29) is 30.9 Å². The largest absolute Gasteiger partial charge is 0.467 e. The molecule has 0 unspecified atom stereocenters. The third-order valence-electron chi connectivity index (χ3n) is 4.53. The van der Waals surface area contributed by atoms with E-state index in [0.717, 1.165) is 0 Å². The van der Waals surface area contributed by atoms with E-state index in [1.807, 2.05) is 0 Å². The lowest BCUT2D eigenvalue weighted by Gasteiger charge is -2.27. The minimum atomic E-state index is -1.18. The van der Waals surface area contributed by atoms with Crippen LogP contribution in [0, 0.1) is 5.41 Å². The summed E-state index contributed by atoms with van der Waals surface area (Å²) in [5, 5.41) is 5.09. The van der Waals surface area contributed by atoms with Crippen LogP contribution in [0.25, 0.3) is 0 Å². The number of nitrogens with one attached hydrogen (secondary N) is 2. The zero-order valence-corrected chi connectivity index (χ0v) is 16.1. The molecule has 8 nitrogen and oxygen atoms in total. The van der Waals surface area contributed by atoms with Gasteiger partial charge in [-0.1, -0.05) is 0 Å². The number of esters is 2. The smallest absolute Gasteiger partial charge is 0.338 e. The molecule has 146 valence electrons. The minimum absolute atomic E-state index is 0.0863. The Morgan fingerprint density at radius 1 is 1.37 bits per heavy atom. The average Bonchev–Trinajstić information content (AvgIpc) is 2.97. The lowest BCUT2D eigenvalue weighted by Crippen LogP contribution is -2.47. The van der Waals surface area contributed by atoms with Crippen molar-refractivity contribution >= 4 is 41.2 Å². The van der Waals surface area contributed by atoms with Crippen LogP contribution in [0.2, 0.25) is 0 Å². The molecule has 0 aromatic carbocycles. The minimum Gasteiger partial charge on any atom is -0.467 e. The molecular formula is C17H18Cl2N2O6. The van der Waals surface area contributed by atoms with Crippen molar-refractivity contribution in [3.8, 4) is 0 Å². The maximum Gasteiger partial charge on any atom is 0.338 e. The van der Waals surface area contributed by atoms with E-state index in [4.69, 9.17) is 37.1 Å². The number of carbonyl (C=O) groups is 3. The second kappa shape index (κ2) is 7.09. The second-order valence-corrected chi connectivity index (χ2v) is 7.93. The van der Waals surface area contributed by atoms with Gasteiger partial charge in [-0.25, -0.2) is 9.59 Å². The van der Waals surface area contributed by atoms with Crippen molar-refractivity contribution in [2.45, 2.75) is 30.6 Å². The number of halogens is 2. The Morgan fingerprint density at radius 3 is 2.63 bits per heavy atom. The second-order valence-electron chi connectivity index (χ2n) is 6.45. The SMILES string of the molecule is CCOC(=O)C1=C(COC(=O)[C@@]2(C)CC2(Cl)Cl)NC(=O)N[C@@H]1c1ccco1. The van der Waals surface area contributed by atoms with E-state index < -0.39 is 33.8 Å². The molecule has 1 aliphatic carbocycles. The summed E-state index contributed by atoms with van der Waals surface area (Å²) in [7, 11) is 0. The van der Waals surface area contributed by atoms with Crippen LogP contribution in [0.4, 0.5) is 4.79 Å². The first-order chi connectivity index (χ1) is 12.7. The number of amides is 2. The van der Waals surface area contributed by atoms with Crippen molar-refractivity contribution in [1.82, 2.24) is 10.6 Å². The summed E-state index contributed by atoms with van der Waals surface area (Å²) in [6, 6.07) is 1.79. The molecule has 1 aromatic rings. The van der Waals surface area contributed by atoms with Crippen molar-refractivity contribution < 1.29 is 28.3 Å². The predicted molar refractivity (Wildman–Crippen MR) is 94.9 cm³/mol. The first kappa shape index (κ1) is 19.6. The summed E-state index contributed by atoms with van der Waals surface area (Å²) >= 11 is 12.0. The fourth-order valence-electron chi connectivity index (χ4n) is 2.77. The molecular weight excluding hydrogens is 399 g/mol. The van der Waals surface area contributed by atoms with Gasteiger partial charge in [0.25, 0.3) is 0 Å². The Labute approximate surface area is 165 Å². The van der Waals surface area contributed by atoms with E-state index >= 15 is 0 Å². The van der Waals surface area contributed by atoms with Gasteiger partial charge in [0.15, 0.2) is 0 Å². The molecule has 1 aromatic heterocycles. The lowest BCUT2D eigenvalue weighted by atomic mass is 10.0. The summed E-state index contributed by atoms with van der Waals surface area (Å²) in [5.74, 6) is -0.948. The monoisotopic (exact) mass is 416 g/mol. The van der Waals surface area contributed by atoms with Gasteiger partial charge in [0.2, 0.25) is 0 Å². The van der Waals surface area contributed by atoms with Gasteiger partial charge in [0, 0.05) is 6.42 Å². The normalized spacial score (nSPS) is 26.1. The molecule has 3 rings (SSSR count). The van der Waals surface area contributed by atoms with Crippen molar-refractivity contribution in [1.29, 1.82) is 0 Å². The highest BCUT2D eigenvalue weighted by Crippen LogP contribution is 2.64. The zero-order chi connectivity index (χ0) is 19.8. The molecule has 0 radical (unpaired) electrons. The number of rotatable bonds is 6. The number of ether oxygens (including phenoxy) is 2. The van der Waals surface area contributed by atoms with Crippen LogP contribution in [-0.2, 0) is 19.1 Å². The topological polar surface area (TPSA) is 107 Å². The molecule has 0 bridgehead atoms. The number of hydrogen-bond donors (Lipinski definition) is 2. The summed E-state index contributed by atoms with van der Waals surface area (Å²) in [4.78, 5) is 36.8. The molecule has 1 fully saturated rings. The fourth-order valence-corrected chi connectivity index (χ4v) is 3.46. The molecule has 2 atom stereocenters. The maximum absolute atomic E-state index is 12.5. The molecule has 0 saturated heterocycles. The van der Waals surface area contributed by atoms with Gasteiger partial charge >= 0.3 is 18.0 Å². The van der Waals surface area contributed by atoms with Gasteiger partial charge in [-0.15, -0.1) is 23.2 Å². The van der Waals surface area contributed by atoms with Crippen LogP contribution in [0.3, 0.4) is 0 Å². The molecule has 2 heterocycles. The van der Waals surface area contributed by atoms with E-state index in [1.165, 1.54) is 6.26 Å². The third kappa shape index (κ3) is 3.64. The van der Waals surface area contributed by atoms with Crippen LogP contribution in [-0.4, -0.2) is 35.5 Å². The van der Waals surface area contributed by atoms with Crippen LogP contribution >= 0.6 is 23.2 Å². The van der Waals surface area contributed by atoms with E-state index in [9.17, 15) is 14.4 Å². The quantitative estimate of drug-likeness (QED) is 0.544. The first-order valence-electron chi connectivity index (χ1n) is 8.25. The van der Waals surface area contributed by atoms with Gasteiger partial charge in [0.05, 0.1) is 24.1 Å². The van der Waals surface area contributed by atoms with Crippen molar-refractivity contribution in [3.63, 3.8) is 0 Å². The number of alkyl halides is 2. The predicted octanol–water partition coefficient (Wildman–Crippen LogP) is 2.58. The molecule has 10 heteroatoms. The Balaban J connectivity index is 1.87. The van der Waals surface area contributed by atoms with Crippen molar-refractivity contribution in [2.75, 3.05) is 13.2 Å². The Hall–Kier alpha value is -2.19. The summed E-state index contributed by atoms with van der Waals surface area (Å²) in [6.45, 7) is 3.02. The van der Waals surface area contributed by atoms with E-state index in [1.54, 1.807) is 26.0 Å². The van der Waals surface area contributed by atoms with Gasteiger partial charge < -0.3 is 24.5 Å². The molecule has 0 spiro atoms. The lowest BCUT2D eigenvalue weighted by molar-refractivity contribution is -0.149. The van der Waals surface area contributed by atoms with E-state index in [0.29, 0.717) is 5.76 Å². The number of furan rings is 1. The van der Waals surface area contributed by atoms with Gasteiger partial charge in [-0.05, 0) is 26.0 Å². The summed E-state index contributed by atoms with van der Waals surface area (Å²) < 4.78 is 14.5. The molecule has 2 amide bonds. The molecule has 27 heavy (non-hydrogen) atoms. The third-order valence-corrected chi connectivity index (χ3v) is 5.63. The van der Waals surface area contributed by atoms with Crippen LogP contribution in [0.5, 0.6) is 0 Å². The highest BCUT2D eigenvalue weighted by atomic mass is 35.5. The Bertz CT molecular complexity index is 804. The number of carbonyl (C=O) groups excluding carboxylic acids is 3. The summed E-state index contributed by atoms with van der Waals surface area (Å²) in [6.07, 6.45) is 1.68. The number of urea groups is 1. The van der Waals surface area contributed by atoms with Crippen LogP contribution in [0.15, 0.2) is 34.1 Å². The summed E-state index contributed by atoms with van der Waals surface area (Å²) in [5.41, 5.74) is -0.841. The van der Waals surface area contributed by atoms with Crippen LogP contribution in [0.1, 0.15) is 32.1 Å². The Morgan fingerprint density at radius 2 is 2.07 bits per heavy atom. The maximum atomic E-state index is 12.5. The van der Waals surface area contributed by atoms with Crippen molar-refractivity contribution in [3.05, 3.63) is 35.4 Å². The molecule has 1 saturated carbocycles. The molecule has 2 N–H and O–H groups in total. The van der Waals surface area contributed by atoms with Gasteiger partial charge in [0.1, 0.15) is 28.2 Å². The van der Waals surface area contributed by atoms with Crippen molar-refractivity contribution in [2.24, 2.45) is 5.41 Å². The fraction of sp³-hybridized carbons (Fsp3) is 0.471. The number of hydrogen-bond acceptors (Lipinski definition) is 6. The molecule has 2 aliphatic rings. The molecule has 1 aliphatic heterocycles. The van der Waals surface area contributed by atoms with E-state index in [2.05, 4.69) is 10.6 Å².